The highest BCUT2D eigenvalue weighted by molar-refractivity contribution is 5.95. The first-order valence-electron chi connectivity index (χ1n) is 9.62. The molecule has 7 heteroatoms. The van der Waals surface area contributed by atoms with E-state index in [1.807, 2.05) is 30.3 Å². The maximum atomic E-state index is 13.3. The number of carbonyl (C=O) groups excluding carboxylic acids is 1. The van der Waals surface area contributed by atoms with Crippen molar-refractivity contribution in [2.24, 2.45) is 0 Å². The van der Waals surface area contributed by atoms with Gasteiger partial charge in [0.05, 0.1) is 14.2 Å². The summed E-state index contributed by atoms with van der Waals surface area (Å²) < 4.78 is 16.2. The Morgan fingerprint density at radius 1 is 1.07 bits per heavy atom. The van der Waals surface area contributed by atoms with Crippen LogP contribution >= 0.6 is 0 Å². The molecule has 0 bridgehead atoms. The second-order valence-corrected chi connectivity index (χ2v) is 6.93. The fraction of sp³-hybridized carbons (Fsp3) is 0.318. The first kappa shape index (κ1) is 19.0. The number of aromatic nitrogens is 2. The molecule has 1 atom stereocenters. The fourth-order valence-corrected chi connectivity index (χ4v) is 3.60. The molecule has 0 N–H and O–H groups in total. The van der Waals surface area contributed by atoms with Crippen molar-refractivity contribution < 1.29 is 18.8 Å². The molecule has 3 aromatic rings. The van der Waals surface area contributed by atoms with E-state index in [2.05, 4.69) is 10.1 Å². The summed E-state index contributed by atoms with van der Waals surface area (Å²) in [6.07, 6.45) is 2.71. The number of nitrogens with zero attached hydrogens (tertiary/aromatic N) is 3. The lowest BCUT2D eigenvalue weighted by molar-refractivity contribution is 0.0560. The van der Waals surface area contributed by atoms with E-state index < -0.39 is 0 Å². The molecule has 1 saturated heterocycles. The van der Waals surface area contributed by atoms with Crippen molar-refractivity contribution in [3.8, 4) is 22.9 Å². The molecule has 1 aromatic heterocycles. The fourth-order valence-electron chi connectivity index (χ4n) is 3.60. The van der Waals surface area contributed by atoms with E-state index in [-0.39, 0.29) is 11.9 Å². The summed E-state index contributed by atoms with van der Waals surface area (Å²) in [5, 5.41) is 4.12. The lowest BCUT2D eigenvalue weighted by Gasteiger charge is -2.33. The molecule has 0 saturated carbocycles. The lowest BCUT2D eigenvalue weighted by Crippen LogP contribution is -2.38. The number of carbonyl (C=O) groups is 1. The number of likely N-dealkylation sites (tertiary alicyclic amines) is 1. The topological polar surface area (TPSA) is 77.7 Å². The quantitative estimate of drug-likeness (QED) is 0.649. The van der Waals surface area contributed by atoms with Crippen LogP contribution in [-0.4, -0.2) is 41.7 Å². The first-order valence-corrected chi connectivity index (χ1v) is 9.62. The van der Waals surface area contributed by atoms with E-state index in [9.17, 15) is 4.79 Å². The minimum absolute atomic E-state index is 0.105. The van der Waals surface area contributed by atoms with Crippen LogP contribution in [0.4, 0.5) is 0 Å². The average molecular weight is 393 g/mol. The Morgan fingerprint density at radius 2 is 1.79 bits per heavy atom. The van der Waals surface area contributed by atoms with Crippen LogP contribution in [0.15, 0.2) is 53.1 Å². The van der Waals surface area contributed by atoms with Gasteiger partial charge in [0, 0.05) is 23.7 Å². The minimum Gasteiger partial charge on any atom is -0.497 e. The SMILES string of the molecule is COc1cc(OC)cc(C(=O)N2CCCC[C@H]2c2nc(-c3ccccc3)no2)c1. The third kappa shape index (κ3) is 3.94. The van der Waals surface area contributed by atoms with Gasteiger partial charge in [-0.2, -0.15) is 4.98 Å². The molecular formula is C22H23N3O4. The molecule has 1 amide bonds. The number of ether oxygens (including phenoxy) is 2. The molecule has 2 heterocycles. The van der Waals surface area contributed by atoms with E-state index in [0.29, 0.717) is 35.3 Å². The molecule has 1 aliphatic rings. The first-order chi connectivity index (χ1) is 14.2. The third-order valence-electron chi connectivity index (χ3n) is 5.12. The lowest BCUT2D eigenvalue weighted by atomic mass is 10.0. The summed E-state index contributed by atoms with van der Waals surface area (Å²) in [6.45, 7) is 0.631. The second kappa shape index (κ2) is 8.34. The van der Waals surface area contributed by atoms with Crippen LogP contribution in [0.2, 0.25) is 0 Å². The predicted molar refractivity (Wildman–Crippen MR) is 107 cm³/mol. The van der Waals surface area contributed by atoms with Gasteiger partial charge >= 0.3 is 0 Å². The highest BCUT2D eigenvalue weighted by Crippen LogP contribution is 2.33. The summed E-state index contributed by atoms with van der Waals surface area (Å²) in [5.41, 5.74) is 1.39. The molecular weight excluding hydrogens is 370 g/mol. The van der Waals surface area contributed by atoms with Gasteiger partial charge in [0.15, 0.2) is 0 Å². The molecule has 2 aromatic carbocycles. The second-order valence-electron chi connectivity index (χ2n) is 6.93. The standard InChI is InChI=1S/C22H23N3O4/c1-27-17-12-16(13-18(14-17)28-2)22(26)25-11-7-6-10-19(25)21-23-20(24-29-21)15-8-4-3-5-9-15/h3-5,8-9,12-14,19H,6-7,10-11H2,1-2H3/t19-/m0/s1. The maximum Gasteiger partial charge on any atom is 0.254 e. The van der Waals surface area contributed by atoms with Crippen molar-refractivity contribution in [3.63, 3.8) is 0 Å². The van der Waals surface area contributed by atoms with Crippen molar-refractivity contribution in [3.05, 3.63) is 60.0 Å². The van der Waals surface area contributed by atoms with Crippen LogP contribution in [0.5, 0.6) is 11.5 Å². The minimum atomic E-state index is -0.251. The van der Waals surface area contributed by atoms with Crippen molar-refractivity contribution >= 4 is 5.91 Å². The zero-order valence-corrected chi connectivity index (χ0v) is 16.5. The van der Waals surface area contributed by atoms with E-state index in [1.165, 1.54) is 0 Å². The van der Waals surface area contributed by atoms with Gasteiger partial charge in [0.25, 0.3) is 5.91 Å². The average Bonchev–Trinajstić information content (AvgIpc) is 3.29. The van der Waals surface area contributed by atoms with Gasteiger partial charge in [0.1, 0.15) is 17.5 Å². The van der Waals surface area contributed by atoms with E-state index in [0.717, 1.165) is 24.8 Å². The number of benzene rings is 2. The van der Waals surface area contributed by atoms with Crippen molar-refractivity contribution in [2.45, 2.75) is 25.3 Å². The van der Waals surface area contributed by atoms with Crippen molar-refractivity contribution in [1.82, 2.24) is 15.0 Å². The molecule has 0 spiro atoms. The summed E-state index contributed by atoms with van der Waals surface area (Å²) in [5.74, 6) is 2.04. The molecule has 0 unspecified atom stereocenters. The Morgan fingerprint density at radius 3 is 2.48 bits per heavy atom. The smallest absolute Gasteiger partial charge is 0.254 e. The summed E-state index contributed by atoms with van der Waals surface area (Å²) in [7, 11) is 3.13. The molecule has 4 rings (SSSR count). The number of hydrogen-bond donors (Lipinski definition) is 0. The zero-order valence-electron chi connectivity index (χ0n) is 16.5. The molecule has 1 fully saturated rings. The summed E-state index contributed by atoms with van der Waals surface area (Å²) in [4.78, 5) is 19.7. The van der Waals surface area contributed by atoms with Gasteiger partial charge < -0.3 is 18.9 Å². The van der Waals surface area contributed by atoms with Crippen molar-refractivity contribution in [1.29, 1.82) is 0 Å². The Labute approximate surface area is 169 Å². The van der Waals surface area contributed by atoms with Crippen LogP contribution in [0.1, 0.15) is 41.6 Å². The van der Waals surface area contributed by atoms with Crippen molar-refractivity contribution in [2.75, 3.05) is 20.8 Å². The van der Waals surface area contributed by atoms with Gasteiger partial charge in [-0.05, 0) is 31.4 Å². The van der Waals surface area contributed by atoms with Gasteiger partial charge in [0.2, 0.25) is 11.7 Å². The normalized spacial score (nSPS) is 16.5. The van der Waals surface area contributed by atoms with Gasteiger partial charge in [-0.3, -0.25) is 4.79 Å². The number of hydrogen-bond acceptors (Lipinski definition) is 6. The van der Waals surface area contributed by atoms with Crippen LogP contribution < -0.4 is 9.47 Å². The molecule has 150 valence electrons. The van der Waals surface area contributed by atoms with Crippen LogP contribution in [0.25, 0.3) is 11.4 Å². The third-order valence-corrected chi connectivity index (χ3v) is 5.12. The van der Waals surface area contributed by atoms with E-state index >= 15 is 0 Å². The van der Waals surface area contributed by atoms with E-state index in [4.69, 9.17) is 14.0 Å². The van der Waals surface area contributed by atoms with Gasteiger partial charge in [-0.1, -0.05) is 35.5 Å². The number of amides is 1. The van der Waals surface area contributed by atoms with Gasteiger partial charge in [-0.15, -0.1) is 0 Å². The Kier molecular flexibility index (Phi) is 5.46. The largest absolute Gasteiger partial charge is 0.497 e. The Hall–Kier alpha value is -3.35. The molecule has 1 aliphatic heterocycles. The predicted octanol–water partition coefficient (Wildman–Crippen LogP) is 4.12. The number of methoxy groups -OCH3 is 2. The maximum absolute atomic E-state index is 13.3. The number of piperidine rings is 1. The Balaban J connectivity index is 1.63. The number of rotatable bonds is 5. The van der Waals surface area contributed by atoms with Crippen LogP contribution in [0.3, 0.4) is 0 Å². The highest BCUT2D eigenvalue weighted by Gasteiger charge is 2.33. The molecule has 0 radical (unpaired) electrons. The highest BCUT2D eigenvalue weighted by atomic mass is 16.5. The molecule has 29 heavy (non-hydrogen) atoms. The molecule has 0 aliphatic carbocycles. The van der Waals surface area contributed by atoms with Gasteiger partial charge in [-0.25, -0.2) is 0 Å². The van der Waals surface area contributed by atoms with Crippen LogP contribution in [0, 0.1) is 0 Å². The summed E-state index contributed by atoms with van der Waals surface area (Å²) >= 11 is 0. The van der Waals surface area contributed by atoms with Crippen LogP contribution in [-0.2, 0) is 0 Å². The summed E-state index contributed by atoms with van der Waals surface area (Å²) in [6, 6.07) is 14.6. The monoisotopic (exact) mass is 393 g/mol. The zero-order chi connectivity index (χ0) is 20.2. The van der Waals surface area contributed by atoms with E-state index in [1.54, 1.807) is 37.3 Å². The Bertz CT molecular complexity index is 964. The molecule has 7 nitrogen and oxygen atoms in total.